The van der Waals surface area contributed by atoms with Crippen LogP contribution in [0, 0.1) is 0 Å². The van der Waals surface area contributed by atoms with Crippen molar-refractivity contribution in [3.8, 4) is 11.4 Å². The summed E-state index contributed by atoms with van der Waals surface area (Å²) >= 11 is 4.85. The van der Waals surface area contributed by atoms with Crippen LogP contribution in [0.25, 0.3) is 17.0 Å². The minimum absolute atomic E-state index is 0.0211. The van der Waals surface area contributed by atoms with Gasteiger partial charge in [-0.05, 0) is 23.7 Å². The first-order valence-corrected chi connectivity index (χ1v) is 9.34. The normalized spacial score (nSPS) is 12.7. The van der Waals surface area contributed by atoms with Gasteiger partial charge in [-0.25, -0.2) is 9.35 Å². The van der Waals surface area contributed by atoms with Crippen molar-refractivity contribution in [1.29, 1.82) is 0 Å². The molecule has 3 rings (SSSR count). The summed E-state index contributed by atoms with van der Waals surface area (Å²) < 4.78 is 47.7. The lowest BCUT2D eigenvalue weighted by Gasteiger charge is -1.98. The van der Waals surface area contributed by atoms with Gasteiger partial charge in [-0.1, -0.05) is 5.16 Å². The van der Waals surface area contributed by atoms with E-state index in [0.29, 0.717) is 16.9 Å². The van der Waals surface area contributed by atoms with E-state index in [0.717, 1.165) is 0 Å². The van der Waals surface area contributed by atoms with Crippen LogP contribution in [-0.4, -0.2) is 36.2 Å². The molecular formula is C13H12ClF2N5O2S. The van der Waals surface area contributed by atoms with Crippen molar-refractivity contribution in [2.45, 2.75) is 11.9 Å². The van der Waals surface area contributed by atoms with E-state index in [2.05, 4.69) is 24.0 Å². The number of imidazole rings is 1. The number of fused-ring (bicyclic) bond motifs is 1. The lowest BCUT2D eigenvalue weighted by molar-refractivity contribution is 0.0551. The third-order valence-electron chi connectivity index (χ3n) is 2.97. The van der Waals surface area contributed by atoms with E-state index in [4.69, 9.17) is 11.6 Å². The van der Waals surface area contributed by atoms with E-state index in [1.807, 2.05) is 0 Å². The van der Waals surface area contributed by atoms with Gasteiger partial charge in [0.15, 0.2) is 0 Å². The summed E-state index contributed by atoms with van der Waals surface area (Å²) in [7, 11) is -2.21. The van der Waals surface area contributed by atoms with Gasteiger partial charge in [-0.15, -0.1) is 0 Å². The maximum Gasteiger partial charge on any atom is 0.400 e. The lowest BCUT2D eigenvalue weighted by atomic mass is 10.2. The molecule has 128 valence electrons. The van der Waals surface area contributed by atoms with Crippen molar-refractivity contribution < 1.29 is 17.5 Å². The topological polar surface area (TPSA) is 85.7 Å². The summed E-state index contributed by atoms with van der Waals surface area (Å²) in [6.07, 6.45) is 6.50. The predicted octanol–water partition coefficient (Wildman–Crippen LogP) is 2.90. The molecule has 3 aromatic heterocycles. The summed E-state index contributed by atoms with van der Waals surface area (Å²) in [5.41, 5.74) is 1.62. The average Bonchev–Trinajstić information content (AvgIpc) is 3.09. The van der Waals surface area contributed by atoms with Gasteiger partial charge in [0.1, 0.15) is 5.65 Å². The first kappa shape index (κ1) is 16.8. The molecule has 0 bridgehead atoms. The second kappa shape index (κ2) is 5.78. The van der Waals surface area contributed by atoms with Crippen molar-refractivity contribution >= 4 is 27.0 Å². The highest BCUT2D eigenvalue weighted by molar-refractivity contribution is 7.92. The number of rotatable bonds is 4. The molecule has 0 aliphatic heterocycles. The Bertz CT molecular complexity index is 1010. The molecule has 0 fully saturated rings. The molecule has 0 amide bonds. The van der Waals surface area contributed by atoms with Crippen molar-refractivity contribution in [2.75, 3.05) is 12.5 Å². The first-order valence-electron chi connectivity index (χ1n) is 6.64. The molecule has 3 heterocycles. The number of hydrogen-bond acceptors (Lipinski definition) is 6. The molecule has 0 spiro atoms. The van der Waals surface area contributed by atoms with Gasteiger partial charge < -0.3 is 8.92 Å². The average molecular weight is 376 g/mol. The zero-order valence-electron chi connectivity index (χ0n) is 12.6. The van der Waals surface area contributed by atoms with Crippen molar-refractivity contribution in [1.82, 2.24) is 19.5 Å². The van der Waals surface area contributed by atoms with Crippen molar-refractivity contribution in [3.63, 3.8) is 0 Å². The third kappa shape index (κ3) is 3.70. The molecule has 0 aliphatic rings. The van der Waals surface area contributed by atoms with Crippen LogP contribution in [0.2, 0.25) is 0 Å². The Morgan fingerprint density at radius 3 is 2.79 bits per heavy atom. The Hall–Kier alpha value is -2.07. The molecule has 0 radical (unpaired) electrons. The molecule has 11 heteroatoms. The fraction of sp³-hybridized carbons (Fsp3) is 0.308. The molecule has 0 unspecified atom stereocenters. The Balaban J connectivity index is 1.94. The van der Waals surface area contributed by atoms with E-state index in [1.165, 1.54) is 0 Å². The summed E-state index contributed by atoms with van der Waals surface area (Å²) in [6, 6.07) is 3.24. The molecule has 7 nitrogen and oxygen atoms in total. The number of pyridine rings is 1. The molecule has 0 N–H and O–H groups in total. The van der Waals surface area contributed by atoms with Gasteiger partial charge in [-0.2, -0.15) is 13.8 Å². The first-order chi connectivity index (χ1) is 11.1. The largest absolute Gasteiger partial charge is 0.400 e. The zero-order chi connectivity index (χ0) is 17.5. The molecule has 0 aromatic carbocycles. The van der Waals surface area contributed by atoms with Gasteiger partial charge >= 0.3 is 11.3 Å². The summed E-state index contributed by atoms with van der Waals surface area (Å²) in [5.74, 6) is -0.991. The molecule has 0 saturated carbocycles. The van der Waals surface area contributed by atoms with Gasteiger partial charge in [0, 0.05) is 40.2 Å². The maximum absolute atomic E-state index is 12.9. The number of nitrogens with zero attached hydrogens (tertiary/aromatic N) is 5. The Morgan fingerprint density at radius 2 is 2.17 bits per heavy atom. The van der Waals surface area contributed by atoms with Crippen LogP contribution >= 0.6 is 11.6 Å². The highest BCUT2D eigenvalue weighted by Crippen LogP contribution is 2.32. The highest BCUT2D eigenvalue weighted by atomic mass is 35.5. The monoisotopic (exact) mass is 375 g/mol. The number of alkyl halides is 3. The lowest BCUT2D eigenvalue weighted by Crippen LogP contribution is -2.03. The highest BCUT2D eigenvalue weighted by Gasteiger charge is 2.35. The summed E-state index contributed by atoms with van der Waals surface area (Å²) in [5, 5.41) is -0.226. The number of halogens is 3. The van der Waals surface area contributed by atoms with Crippen LogP contribution < -0.4 is 0 Å². The van der Waals surface area contributed by atoms with E-state index < -0.39 is 21.0 Å². The van der Waals surface area contributed by atoms with Crippen LogP contribution in [0.15, 0.2) is 33.4 Å². The maximum atomic E-state index is 12.9. The minimum atomic E-state index is -3.72. The number of hydrogen-bond donors (Lipinski definition) is 0. The molecule has 0 atom stereocenters. The Labute approximate surface area is 140 Å². The SMILES string of the molecule is CS(C)(=O)=NCc1cn2ccc(-c3noc(C(F)(F)Cl)n3)cc2n1. The zero-order valence-corrected chi connectivity index (χ0v) is 14.2. The molecule has 0 aliphatic carbocycles. The predicted molar refractivity (Wildman–Crippen MR) is 84.4 cm³/mol. The van der Waals surface area contributed by atoms with Crippen LogP contribution in [0.1, 0.15) is 11.6 Å². The molecule has 3 aromatic rings. The Morgan fingerprint density at radius 1 is 1.42 bits per heavy atom. The van der Waals surface area contributed by atoms with Gasteiger partial charge in [0.25, 0.3) is 0 Å². The van der Waals surface area contributed by atoms with E-state index >= 15 is 0 Å². The van der Waals surface area contributed by atoms with Gasteiger partial charge in [0.2, 0.25) is 5.82 Å². The quantitative estimate of drug-likeness (QED) is 0.654. The number of aromatic nitrogens is 4. The van der Waals surface area contributed by atoms with Crippen LogP contribution in [0.4, 0.5) is 8.78 Å². The van der Waals surface area contributed by atoms with Crippen LogP contribution in [0.3, 0.4) is 0 Å². The fourth-order valence-corrected chi connectivity index (χ4v) is 2.45. The summed E-state index contributed by atoms with van der Waals surface area (Å²) in [4.78, 5) is 7.92. The fourth-order valence-electron chi connectivity index (χ4n) is 1.93. The molecule has 24 heavy (non-hydrogen) atoms. The van der Waals surface area contributed by atoms with E-state index in [-0.39, 0.29) is 12.4 Å². The third-order valence-corrected chi connectivity index (χ3v) is 3.89. The van der Waals surface area contributed by atoms with Gasteiger partial charge in [-0.3, -0.25) is 4.21 Å². The van der Waals surface area contributed by atoms with Crippen LogP contribution in [-0.2, 0) is 21.7 Å². The smallest absolute Gasteiger partial charge is 0.331 e. The van der Waals surface area contributed by atoms with Crippen molar-refractivity contribution in [3.05, 3.63) is 36.1 Å². The summed E-state index contributed by atoms with van der Waals surface area (Å²) in [6.45, 7) is 0.216. The van der Waals surface area contributed by atoms with E-state index in [1.54, 1.807) is 41.4 Å². The molecular weight excluding hydrogens is 364 g/mol. The van der Waals surface area contributed by atoms with Crippen LogP contribution in [0.5, 0.6) is 0 Å². The second-order valence-corrected chi connectivity index (χ2v) is 8.40. The molecule has 0 saturated heterocycles. The van der Waals surface area contributed by atoms with Gasteiger partial charge in [0.05, 0.1) is 12.2 Å². The Kier molecular flexibility index (Phi) is 4.04. The minimum Gasteiger partial charge on any atom is -0.331 e. The second-order valence-electron chi connectivity index (χ2n) is 5.30. The standard InChI is InChI=1S/C13H12ClF2N5O2S/c1-24(2,22)17-6-9-7-21-4-3-8(5-10(21)18-9)11-19-12(23-20-11)13(14,15)16/h3-5,7H,6H2,1-2H3. The van der Waals surface area contributed by atoms with E-state index in [9.17, 15) is 13.0 Å². The van der Waals surface area contributed by atoms with Crippen molar-refractivity contribution in [2.24, 2.45) is 4.36 Å².